The van der Waals surface area contributed by atoms with Gasteiger partial charge in [0.25, 0.3) is 5.69 Å². The van der Waals surface area contributed by atoms with Crippen LogP contribution in [0.2, 0.25) is 0 Å². The predicted octanol–water partition coefficient (Wildman–Crippen LogP) is 2.02. The summed E-state index contributed by atoms with van der Waals surface area (Å²) in [5.74, 6) is 0. The summed E-state index contributed by atoms with van der Waals surface area (Å²) < 4.78 is 5.54. The Morgan fingerprint density at radius 1 is 1.47 bits per heavy atom. The molecule has 0 radical (unpaired) electrons. The molecule has 102 valence electrons. The van der Waals surface area contributed by atoms with E-state index >= 15 is 0 Å². The number of morpholine rings is 1. The monoisotopic (exact) mass is 264 g/mol. The first-order chi connectivity index (χ1) is 9.02. The Labute approximate surface area is 111 Å². The topological polar surface area (TPSA) is 72.7 Å². The highest BCUT2D eigenvalue weighted by Crippen LogP contribution is 2.27. The third-order valence-corrected chi connectivity index (χ3v) is 3.27. The second-order valence-corrected chi connectivity index (χ2v) is 4.76. The highest BCUT2D eigenvalue weighted by atomic mass is 16.6. The molecule has 2 rings (SSSR count). The normalized spacial score (nSPS) is 23.2. The van der Waals surface area contributed by atoms with Crippen molar-refractivity contribution < 1.29 is 14.5 Å². The molecule has 2 unspecified atom stereocenters. The number of nitro groups is 1. The van der Waals surface area contributed by atoms with Crippen LogP contribution in [0.15, 0.2) is 18.2 Å². The molecule has 1 saturated heterocycles. The van der Waals surface area contributed by atoms with Gasteiger partial charge in [0.05, 0.1) is 23.2 Å². The maximum absolute atomic E-state index is 11.0. The maximum atomic E-state index is 11.0. The average molecular weight is 264 g/mol. The van der Waals surface area contributed by atoms with Crippen LogP contribution in [0.25, 0.3) is 0 Å². The molecule has 0 spiro atoms. The largest absolute Gasteiger partial charge is 0.375 e. The summed E-state index contributed by atoms with van der Waals surface area (Å²) in [6, 6.07) is 4.81. The van der Waals surface area contributed by atoms with Gasteiger partial charge in [-0.1, -0.05) is 0 Å². The van der Waals surface area contributed by atoms with Crippen LogP contribution in [0.5, 0.6) is 0 Å². The minimum Gasteiger partial charge on any atom is -0.375 e. The molecule has 2 atom stereocenters. The lowest BCUT2D eigenvalue weighted by atomic mass is 10.1. The molecule has 1 aliphatic heterocycles. The molecule has 6 heteroatoms. The van der Waals surface area contributed by atoms with Crippen molar-refractivity contribution in [3.63, 3.8) is 0 Å². The van der Waals surface area contributed by atoms with E-state index in [0.717, 1.165) is 5.69 Å². The number of aldehydes is 1. The van der Waals surface area contributed by atoms with E-state index in [-0.39, 0.29) is 23.4 Å². The summed E-state index contributed by atoms with van der Waals surface area (Å²) in [7, 11) is 0. The number of hydrogen-bond donors (Lipinski definition) is 0. The second-order valence-electron chi connectivity index (χ2n) is 4.76. The molecule has 6 nitrogen and oxygen atoms in total. The number of nitro benzene ring substituents is 1. The van der Waals surface area contributed by atoms with Crippen LogP contribution in [0.1, 0.15) is 24.2 Å². The Kier molecular flexibility index (Phi) is 3.80. The van der Waals surface area contributed by atoms with E-state index in [1.54, 1.807) is 12.1 Å². The molecule has 0 aliphatic carbocycles. The Bertz CT molecular complexity index is 503. The summed E-state index contributed by atoms with van der Waals surface area (Å²) in [6.45, 7) is 5.31. The van der Waals surface area contributed by atoms with Gasteiger partial charge in [0, 0.05) is 24.3 Å². The van der Waals surface area contributed by atoms with Crippen molar-refractivity contribution in [1.29, 1.82) is 0 Å². The fraction of sp³-hybridized carbons (Fsp3) is 0.462. The van der Waals surface area contributed by atoms with Gasteiger partial charge in [0.1, 0.15) is 0 Å². The molecule has 0 saturated carbocycles. The van der Waals surface area contributed by atoms with E-state index in [1.165, 1.54) is 6.07 Å². The van der Waals surface area contributed by atoms with Crippen molar-refractivity contribution in [2.24, 2.45) is 0 Å². The van der Waals surface area contributed by atoms with Gasteiger partial charge in [0.15, 0.2) is 6.29 Å². The Morgan fingerprint density at radius 2 is 2.21 bits per heavy atom. The minimum atomic E-state index is -0.543. The smallest absolute Gasteiger partial charge is 0.280 e. The molecule has 19 heavy (non-hydrogen) atoms. The quantitative estimate of drug-likeness (QED) is 0.474. The van der Waals surface area contributed by atoms with E-state index < -0.39 is 4.92 Å². The summed E-state index contributed by atoms with van der Waals surface area (Å²) in [5.41, 5.74) is 0.761. The van der Waals surface area contributed by atoms with Gasteiger partial charge >= 0.3 is 0 Å². The van der Waals surface area contributed by atoms with Crippen LogP contribution in [-0.4, -0.2) is 36.5 Å². The van der Waals surface area contributed by atoms with Crippen LogP contribution in [0, 0.1) is 10.1 Å². The third-order valence-electron chi connectivity index (χ3n) is 3.27. The van der Waals surface area contributed by atoms with Crippen molar-refractivity contribution in [3.05, 3.63) is 33.9 Å². The fourth-order valence-electron chi connectivity index (χ4n) is 2.24. The van der Waals surface area contributed by atoms with Crippen molar-refractivity contribution in [2.45, 2.75) is 26.0 Å². The number of ether oxygens (including phenoxy) is 1. The maximum Gasteiger partial charge on any atom is 0.280 e. The molecule has 0 bridgehead atoms. The van der Waals surface area contributed by atoms with Crippen LogP contribution >= 0.6 is 0 Å². The molecule has 0 N–H and O–H groups in total. The highest BCUT2D eigenvalue weighted by molar-refractivity contribution is 5.83. The van der Waals surface area contributed by atoms with Crippen LogP contribution in [0.4, 0.5) is 11.4 Å². The van der Waals surface area contributed by atoms with Gasteiger partial charge in [-0.05, 0) is 26.0 Å². The van der Waals surface area contributed by atoms with E-state index in [9.17, 15) is 14.9 Å². The lowest BCUT2D eigenvalue weighted by Gasteiger charge is -2.38. The summed E-state index contributed by atoms with van der Waals surface area (Å²) in [6.07, 6.45) is 0.627. The Balaban J connectivity index is 2.34. The fourth-order valence-corrected chi connectivity index (χ4v) is 2.24. The highest BCUT2D eigenvalue weighted by Gasteiger charge is 2.25. The lowest BCUT2D eigenvalue weighted by molar-refractivity contribution is -0.385. The zero-order valence-corrected chi connectivity index (χ0v) is 10.9. The van der Waals surface area contributed by atoms with Crippen molar-refractivity contribution in [2.75, 3.05) is 18.1 Å². The summed E-state index contributed by atoms with van der Waals surface area (Å²) >= 11 is 0. The molecule has 1 fully saturated rings. The first-order valence-electron chi connectivity index (χ1n) is 6.14. The first-order valence-corrected chi connectivity index (χ1v) is 6.14. The van der Waals surface area contributed by atoms with Gasteiger partial charge in [-0.2, -0.15) is 0 Å². The number of hydrogen-bond acceptors (Lipinski definition) is 5. The van der Waals surface area contributed by atoms with Crippen LogP contribution < -0.4 is 4.90 Å². The SMILES string of the molecule is CC1CN(c2ccc([N+](=O)[O-])c(C=O)c2)C(C)CO1. The van der Waals surface area contributed by atoms with Gasteiger partial charge in [-0.15, -0.1) is 0 Å². The van der Waals surface area contributed by atoms with Gasteiger partial charge in [-0.25, -0.2) is 0 Å². The molecule has 1 heterocycles. The van der Waals surface area contributed by atoms with Crippen LogP contribution in [0.3, 0.4) is 0 Å². The zero-order valence-electron chi connectivity index (χ0n) is 10.9. The van der Waals surface area contributed by atoms with Crippen LogP contribution in [-0.2, 0) is 4.74 Å². The first kappa shape index (κ1) is 13.5. The second kappa shape index (κ2) is 5.36. The molecule has 1 aliphatic rings. The molecule has 0 aromatic heterocycles. The average Bonchev–Trinajstić information content (AvgIpc) is 2.40. The summed E-state index contributed by atoms with van der Waals surface area (Å²) in [5, 5.41) is 10.8. The molecular formula is C13H16N2O4. The molecule has 0 amide bonds. The number of rotatable bonds is 3. The zero-order chi connectivity index (χ0) is 14.0. The van der Waals surface area contributed by atoms with Gasteiger partial charge < -0.3 is 9.64 Å². The van der Waals surface area contributed by atoms with E-state index in [0.29, 0.717) is 19.4 Å². The predicted molar refractivity (Wildman–Crippen MR) is 70.7 cm³/mol. The molecule has 1 aromatic carbocycles. The van der Waals surface area contributed by atoms with Crippen molar-refractivity contribution >= 4 is 17.7 Å². The van der Waals surface area contributed by atoms with E-state index in [1.807, 2.05) is 13.8 Å². The minimum absolute atomic E-state index is 0.103. The van der Waals surface area contributed by atoms with Crippen molar-refractivity contribution in [1.82, 2.24) is 0 Å². The molecular weight excluding hydrogens is 248 g/mol. The molecule has 1 aromatic rings. The number of carbonyl (C=O) groups excluding carboxylic acids is 1. The number of nitrogens with zero attached hydrogens (tertiary/aromatic N) is 2. The van der Waals surface area contributed by atoms with Gasteiger partial charge in [-0.3, -0.25) is 14.9 Å². The third kappa shape index (κ3) is 2.73. The van der Waals surface area contributed by atoms with Gasteiger partial charge in [0.2, 0.25) is 0 Å². The van der Waals surface area contributed by atoms with E-state index in [4.69, 9.17) is 4.74 Å². The van der Waals surface area contributed by atoms with E-state index in [2.05, 4.69) is 4.90 Å². The van der Waals surface area contributed by atoms with Crippen molar-refractivity contribution in [3.8, 4) is 0 Å². The number of anilines is 1. The number of benzene rings is 1. The Morgan fingerprint density at radius 3 is 2.84 bits per heavy atom. The summed E-state index contributed by atoms with van der Waals surface area (Å²) in [4.78, 5) is 23.3. The lowest BCUT2D eigenvalue weighted by Crippen LogP contribution is -2.47. The number of carbonyl (C=O) groups is 1. The Hall–Kier alpha value is -1.95. The standard InChI is InChI=1S/C13H16N2O4/c1-9-8-19-10(2)6-14(9)12-3-4-13(15(17)18)11(5-12)7-16/h3-5,7,9-10H,6,8H2,1-2H3.